The van der Waals surface area contributed by atoms with E-state index in [0.717, 1.165) is 22.9 Å². The molecule has 2 amide bonds. The molecule has 1 atom stereocenters. The molecule has 0 saturated carbocycles. The van der Waals surface area contributed by atoms with E-state index in [1.54, 1.807) is 18.2 Å². The molecule has 0 aliphatic carbocycles. The maximum absolute atomic E-state index is 14.0. The van der Waals surface area contributed by atoms with E-state index in [0.29, 0.717) is 27.8 Å². The minimum atomic E-state index is -3.61. The third-order valence-corrected chi connectivity index (χ3v) is 8.89. The molecule has 3 aromatic rings. The molecule has 0 saturated heterocycles. The highest BCUT2D eigenvalue weighted by atomic mass is 35.5. The van der Waals surface area contributed by atoms with Gasteiger partial charge in [0.1, 0.15) is 6.04 Å². The number of rotatable bonds is 14. The minimum Gasteiger partial charge on any atom is -0.354 e. The standard InChI is InChI=1S/C33H41Cl2N3O4S/c1-23(2)21-36-33(40)31(20-26-11-7-6-8-12-26)37(22-28-29(34)13-9-14-30(28)35)32(39)15-10-16-38(43(5,41)42)27-18-24(3)17-25(4)19-27/h6-9,11-14,17-19,23,31H,10,15-16,20-22H2,1-5H3,(H,36,40)/t31-/m0/s1. The van der Waals surface area contributed by atoms with Crippen molar-refractivity contribution in [1.82, 2.24) is 10.2 Å². The van der Waals surface area contributed by atoms with Gasteiger partial charge in [-0.25, -0.2) is 8.42 Å². The summed E-state index contributed by atoms with van der Waals surface area (Å²) in [5.74, 6) is -0.358. The Bertz CT molecular complexity index is 1470. The molecule has 0 spiro atoms. The molecule has 0 radical (unpaired) electrons. The highest BCUT2D eigenvalue weighted by Gasteiger charge is 2.31. The molecule has 43 heavy (non-hydrogen) atoms. The van der Waals surface area contributed by atoms with Gasteiger partial charge in [-0.2, -0.15) is 0 Å². The lowest BCUT2D eigenvalue weighted by Gasteiger charge is -2.32. The molecule has 0 heterocycles. The number of amides is 2. The van der Waals surface area contributed by atoms with Gasteiger partial charge in [0, 0.05) is 48.1 Å². The first-order valence-electron chi connectivity index (χ1n) is 14.4. The number of anilines is 1. The SMILES string of the molecule is Cc1cc(C)cc(N(CCCC(=O)N(Cc2c(Cl)cccc2Cl)[C@@H](Cc2ccccc2)C(=O)NCC(C)C)S(C)(=O)=O)c1. The van der Waals surface area contributed by atoms with Gasteiger partial charge in [-0.3, -0.25) is 13.9 Å². The van der Waals surface area contributed by atoms with E-state index >= 15 is 0 Å². The fourth-order valence-electron chi connectivity index (χ4n) is 4.93. The number of benzene rings is 3. The van der Waals surface area contributed by atoms with Crippen LogP contribution in [-0.2, 0) is 32.6 Å². The third-order valence-electron chi connectivity index (χ3n) is 6.99. The maximum atomic E-state index is 14.0. The molecule has 3 rings (SSSR count). The Morgan fingerprint density at radius 1 is 0.907 bits per heavy atom. The lowest BCUT2D eigenvalue weighted by atomic mass is 10.0. The van der Waals surface area contributed by atoms with Crippen LogP contribution < -0.4 is 9.62 Å². The number of halogens is 2. The largest absolute Gasteiger partial charge is 0.354 e. The second-order valence-electron chi connectivity index (χ2n) is 11.4. The zero-order valence-electron chi connectivity index (χ0n) is 25.4. The molecule has 0 aliphatic rings. The smallest absolute Gasteiger partial charge is 0.243 e. The van der Waals surface area contributed by atoms with Gasteiger partial charge in [-0.1, -0.05) is 79.5 Å². The monoisotopic (exact) mass is 645 g/mol. The summed E-state index contributed by atoms with van der Waals surface area (Å²) in [6, 6.07) is 19.4. The van der Waals surface area contributed by atoms with Crippen LogP contribution in [0.25, 0.3) is 0 Å². The fourth-order valence-corrected chi connectivity index (χ4v) is 6.39. The summed E-state index contributed by atoms with van der Waals surface area (Å²) in [6.45, 7) is 8.42. The summed E-state index contributed by atoms with van der Waals surface area (Å²) in [4.78, 5) is 29.2. The number of nitrogens with one attached hydrogen (secondary N) is 1. The van der Waals surface area contributed by atoms with E-state index in [1.165, 1.54) is 9.21 Å². The first-order valence-corrected chi connectivity index (χ1v) is 17.0. The summed E-state index contributed by atoms with van der Waals surface area (Å²) in [6.07, 6.45) is 1.71. The lowest BCUT2D eigenvalue weighted by molar-refractivity contribution is -0.141. The van der Waals surface area contributed by atoms with Crippen LogP contribution in [-0.4, -0.2) is 50.5 Å². The molecular weight excluding hydrogens is 605 g/mol. The van der Waals surface area contributed by atoms with Gasteiger partial charge in [-0.05, 0) is 67.1 Å². The van der Waals surface area contributed by atoms with Crippen LogP contribution in [0.2, 0.25) is 10.0 Å². The first kappa shape index (κ1) is 34.4. The van der Waals surface area contributed by atoms with Crippen LogP contribution in [0.15, 0.2) is 66.7 Å². The van der Waals surface area contributed by atoms with Gasteiger partial charge in [-0.15, -0.1) is 0 Å². The van der Waals surface area contributed by atoms with Crippen LogP contribution in [0.4, 0.5) is 5.69 Å². The highest BCUT2D eigenvalue weighted by Crippen LogP contribution is 2.28. The zero-order chi connectivity index (χ0) is 31.7. The van der Waals surface area contributed by atoms with Crippen molar-refractivity contribution >= 4 is 50.7 Å². The second-order valence-corrected chi connectivity index (χ2v) is 14.1. The van der Waals surface area contributed by atoms with Crippen LogP contribution in [0.3, 0.4) is 0 Å². The molecule has 10 heteroatoms. The van der Waals surface area contributed by atoms with Gasteiger partial charge >= 0.3 is 0 Å². The van der Waals surface area contributed by atoms with Crippen LogP contribution in [0.1, 0.15) is 48.9 Å². The third kappa shape index (κ3) is 10.3. The average molecular weight is 647 g/mol. The van der Waals surface area contributed by atoms with Gasteiger partial charge in [0.05, 0.1) is 11.9 Å². The zero-order valence-corrected chi connectivity index (χ0v) is 27.8. The first-order chi connectivity index (χ1) is 20.3. The molecule has 0 bridgehead atoms. The number of nitrogens with zero attached hydrogens (tertiary/aromatic N) is 2. The topological polar surface area (TPSA) is 86.8 Å². The van der Waals surface area contributed by atoms with E-state index in [9.17, 15) is 18.0 Å². The van der Waals surface area contributed by atoms with Crippen LogP contribution in [0.5, 0.6) is 0 Å². The molecule has 0 unspecified atom stereocenters. The molecule has 0 fully saturated rings. The van der Waals surface area contributed by atoms with Gasteiger partial charge < -0.3 is 10.2 Å². The highest BCUT2D eigenvalue weighted by molar-refractivity contribution is 7.92. The summed E-state index contributed by atoms with van der Waals surface area (Å²) < 4.78 is 26.8. The van der Waals surface area contributed by atoms with Crippen molar-refractivity contribution in [2.24, 2.45) is 5.92 Å². The Hall–Kier alpha value is -3.07. The van der Waals surface area contributed by atoms with Gasteiger partial charge in [0.25, 0.3) is 0 Å². The molecule has 232 valence electrons. The van der Waals surface area contributed by atoms with Crippen molar-refractivity contribution in [3.63, 3.8) is 0 Å². The predicted octanol–water partition coefficient (Wildman–Crippen LogP) is 6.57. The fraction of sp³-hybridized carbons (Fsp3) is 0.394. The summed E-state index contributed by atoms with van der Waals surface area (Å²) >= 11 is 13.0. The van der Waals surface area contributed by atoms with Crippen molar-refractivity contribution < 1.29 is 18.0 Å². The predicted molar refractivity (Wildman–Crippen MR) is 176 cm³/mol. The Kier molecular flexibility index (Phi) is 12.5. The number of hydrogen-bond donors (Lipinski definition) is 1. The summed E-state index contributed by atoms with van der Waals surface area (Å²) in [5, 5.41) is 3.78. The number of sulfonamides is 1. The van der Waals surface area contributed by atoms with Gasteiger partial charge in [0.2, 0.25) is 21.8 Å². The molecule has 0 aliphatic heterocycles. The van der Waals surface area contributed by atoms with Crippen LogP contribution in [0, 0.1) is 19.8 Å². The molecule has 7 nitrogen and oxygen atoms in total. The Morgan fingerprint density at radius 2 is 1.51 bits per heavy atom. The summed E-state index contributed by atoms with van der Waals surface area (Å²) in [5.41, 5.74) is 3.88. The van der Waals surface area contributed by atoms with E-state index < -0.39 is 16.1 Å². The number of carbonyl (C=O) groups excluding carboxylic acids is 2. The quantitative estimate of drug-likeness (QED) is 0.215. The van der Waals surface area contributed by atoms with Crippen molar-refractivity contribution in [1.29, 1.82) is 0 Å². The van der Waals surface area contributed by atoms with Crippen molar-refractivity contribution in [2.75, 3.05) is 23.7 Å². The Labute approximate surface area is 266 Å². The molecule has 0 aromatic heterocycles. The minimum absolute atomic E-state index is 0.0155. The maximum Gasteiger partial charge on any atom is 0.243 e. The summed E-state index contributed by atoms with van der Waals surface area (Å²) in [7, 11) is -3.61. The van der Waals surface area contributed by atoms with Crippen molar-refractivity contribution in [3.8, 4) is 0 Å². The Morgan fingerprint density at radius 3 is 2.07 bits per heavy atom. The van der Waals surface area contributed by atoms with E-state index in [1.807, 2.05) is 76.2 Å². The van der Waals surface area contributed by atoms with E-state index in [-0.39, 0.29) is 50.1 Å². The number of carbonyl (C=O) groups is 2. The average Bonchev–Trinajstić information content (AvgIpc) is 2.92. The van der Waals surface area contributed by atoms with Crippen molar-refractivity contribution in [3.05, 3.63) is 99.0 Å². The number of hydrogen-bond acceptors (Lipinski definition) is 4. The second kappa shape index (κ2) is 15.6. The van der Waals surface area contributed by atoms with Crippen LogP contribution >= 0.6 is 23.2 Å². The molecule has 1 N–H and O–H groups in total. The molecular formula is C33H41Cl2N3O4S. The van der Waals surface area contributed by atoms with Crippen molar-refractivity contribution in [2.45, 2.75) is 59.5 Å². The normalized spacial score (nSPS) is 12.2. The Balaban J connectivity index is 1.94. The number of aryl methyl sites for hydroxylation is 2. The van der Waals surface area contributed by atoms with E-state index in [2.05, 4.69) is 5.32 Å². The van der Waals surface area contributed by atoms with Gasteiger partial charge in [0.15, 0.2) is 0 Å². The van der Waals surface area contributed by atoms with E-state index in [4.69, 9.17) is 23.2 Å². The molecule has 3 aromatic carbocycles. The lowest BCUT2D eigenvalue weighted by Crippen LogP contribution is -2.51.